The topological polar surface area (TPSA) is 98.3 Å². The number of hydrogen-bond acceptors (Lipinski definition) is 7. The molecular weight excluding hydrogens is 238 g/mol. The average Bonchev–Trinajstić information content (AvgIpc) is 2.38. The first-order valence-corrected chi connectivity index (χ1v) is 5.49. The van der Waals surface area contributed by atoms with E-state index in [1.807, 2.05) is 6.92 Å². The molecule has 0 spiro atoms. The van der Waals surface area contributed by atoms with Crippen molar-refractivity contribution < 1.29 is 14.3 Å². The van der Waals surface area contributed by atoms with Crippen molar-refractivity contribution in [3.05, 3.63) is 0 Å². The first-order chi connectivity index (χ1) is 8.60. The van der Waals surface area contributed by atoms with Gasteiger partial charge in [0.1, 0.15) is 6.04 Å². The van der Waals surface area contributed by atoms with Crippen LogP contribution in [0.4, 0.5) is 5.95 Å². The molecule has 2 N–H and O–H groups in total. The van der Waals surface area contributed by atoms with Crippen molar-refractivity contribution in [2.75, 3.05) is 26.1 Å². The van der Waals surface area contributed by atoms with Gasteiger partial charge in [-0.25, -0.2) is 0 Å². The highest BCUT2D eigenvalue weighted by Gasteiger charge is 2.14. The number of aromatic nitrogens is 3. The van der Waals surface area contributed by atoms with Crippen LogP contribution >= 0.6 is 0 Å². The van der Waals surface area contributed by atoms with Crippen LogP contribution in [0, 0.1) is 0 Å². The predicted octanol–water partition coefficient (Wildman–Crippen LogP) is -0.175. The van der Waals surface area contributed by atoms with Crippen molar-refractivity contribution in [3.8, 4) is 12.0 Å². The number of methoxy groups -OCH3 is 2. The SMILES string of the molecule is CCNC(=O)C(C)Nc1nc(OC)nc(OC)n1. The number of nitrogens with one attached hydrogen (secondary N) is 2. The maximum Gasteiger partial charge on any atom is 0.324 e. The number of anilines is 1. The van der Waals surface area contributed by atoms with E-state index in [1.165, 1.54) is 14.2 Å². The molecule has 0 aliphatic heterocycles. The van der Waals surface area contributed by atoms with Gasteiger partial charge in [-0.2, -0.15) is 9.97 Å². The summed E-state index contributed by atoms with van der Waals surface area (Å²) in [5, 5.41) is 5.53. The molecule has 1 amide bonds. The van der Waals surface area contributed by atoms with Crippen LogP contribution in [0.15, 0.2) is 0 Å². The summed E-state index contributed by atoms with van der Waals surface area (Å²) in [4.78, 5) is 23.3. The second-order valence-corrected chi connectivity index (χ2v) is 3.39. The maximum absolute atomic E-state index is 11.5. The predicted molar refractivity (Wildman–Crippen MR) is 64.7 cm³/mol. The molecule has 1 aromatic heterocycles. The van der Waals surface area contributed by atoms with Crippen LogP contribution in [0.25, 0.3) is 0 Å². The fraction of sp³-hybridized carbons (Fsp3) is 0.600. The lowest BCUT2D eigenvalue weighted by Crippen LogP contribution is -2.37. The Hall–Kier alpha value is -2.12. The number of rotatable bonds is 6. The molecule has 100 valence electrons. The van der Waals surface area contributed by atoms with Crippen LogP contribution in [0.5, 0.6) is 12.0 Å². The van der Waals surface area contributed by atoms with Crippen LogP contribution in [0.2, 0.25) is 0 Å². The van der Waals surface area contributed by atoms with Gasteiger partial charge in [0, 0.05) is 6.54 Å². The van der Waals surface area contributed by atoms with Crippen LogP contribution in [-0.4, -0.2) is 47.7 Å². The summed E-state index contributed by atoms with van der Waals surface area (Å²) in [6.45, 7) is 4.11. The van der Waals surface area contributed by atoms with E-state index in [9.17, 15) is 4.79 Å². The Morgan fingerprint density at radius 1 is 1.22 bits per heavy atom. The Labute approximate surface area is 105 Å². The molecule has 0 aromatic carbocycles. The van der Waals surface area contributed by atoms with Gasteiger partial charge in [0.2, 0.25) is 11.9 Å². The average molecular weight is 255 g/mol. The summed E-state index contributed by atoms with van der Waals surface area (Å²) in [5.74, 6) is 0.0771. The van der Waals surface area contributed by atoms with Gasteiger partial charge in [0.05, 0.1) is 14.2 Å². The highest BCUT2D eigenvalue weighted by molar-refractivity contribution is 5.83. The smallest absolute Gasteiger partial charge is 0.324 e. The van der Waals surface area contributed by atoms with Crippen molar-refractivity contribution in [1.29, 1.82) is 0 Å². The van der Waals surface area contributed by atoms with Gasteiger partial charge < -0.3 is 20.1 Å². The molecule has 0 aliphatic carbocycles. The number of nitrogens with zero attached hydrogens (tertiary/aromatic N) is 3. The molecule has 1 heterocycles. The van der Waals surface area contributed by atoms with Crippen molar-refractivity contribution in [3.63, 3.8) is 0 Å². The van der Waals surface area contributed by atoms with E-state index in [2.05, 4.69) is 25.6 Å². The summed E-state index contributed by atoms with van der Waals surface area (Å²) >= 11 is 0. The van der Waals surface area contributed by atoms with Gasteiger partial charge >= 0.3 is 12.0 Å². The summed E-state index contributed by atoms with van der Waals surface area (Å²) in [6, 6.07) is -0.235. The zero-order valence-corrected chi connectivity index (χ0v) is 10.9. The molecule has 0 radical (unpaired) electrons. The van der Waals surface area contributed by atoms with Crippen LogP contribution < -0.4 is 20.1 Å². The van der Waals surface area contributed by atoms with Crippen LogP contribution in [0.1, 0.15) is 13.8 Å². The molecule has 0 saturated carbocycles. The van der Waals surface area contributed by atoms with E-state index in [1.54, 1.807) is 6.92 Å². The Balaban J connectivity index is 2.79. The lowest BCUT2D eigenvalue weighted by atomic mass is 10.3. The first kappa shape index (κ1) is 13.9. The van der Waals surface area contributed by atoms with Gasteiger partial charge in [-0.1, -0.05) is 0 Å². The van der Waals surface area contributed by atoms with Gasteiger partial charge in [-0.05, 0) is 13.8 Å². The summed E-state index contributed by atoms with van der Waals surface area (Å²) in [7, 11) is 2.87. The number of likely N-dealkylation sites (N-methyl/N-ethyl adjacent to an activating group) is 1. The molecule has 0 fully saturated rings. The van der Waals surface area contributed by atoms with E-state index in [-0.39, 0.29) is 23.9 Å². The lowest BCUT2D eigenvalue weighted by Gasteiger charge is -2.13. The van der Waals surface area contributed by atoms with E-state index in [0.29, 0.717) is 6.54 Å². The Bertz CT molecular complexity index is 390. The fourth-order valence-corrected chi connectivity index (χ4v) is 1.17. The van der Waals surface area contributed by atoms with E-state index < -0.39 is 6.04 Å². The largest absolute Gasteiger partial charge is 0.467 e. The van der Waals surface area contributed by atoms with E-state index in [0.717, 1.165) is 0 Å². The van der Waals surface area contributed by atoms with Gasteiger partial charge in [-0.15, -0.1) is 4.98 Å². The second kappa shape index (κ2) is 6.58. The number of amides is 1. The maximum atomic E-state index is 11.5. The zero-order chi connectivity index (χ0) is 13.5. The molecule has 0 aliphatic rings. The number of ether oxygens (including phenoxy) is 2. The van der Waals surface area contributed by atoms with Crippen molar-refractivity contribution >= 4 is 11.9 Å². The molecular formula is C10H17N5O3. The Morgan fingerprint density at radius 2 is 1.78 bits per heavy atom. The van der Waals surface area contributed by atoms with Crippen molar-refractivity contribution in [2.45, 2.75) is 19.9 Å². The summed E-state index contributed by atoms with van der Waals surface area (Å²) < 4.78 is 9.81. The second-order valence-electron chi connectivity index (χ2n) is 3.39. The van der Waals surface area contributed by atoms with E-state index >= 15 is 0 Å². The van der Waals surface area contributed by atoms with E-state index in [4.69, 9.17) is 9.47 Å². The third-order valence-corrected chi connectivity index (χ3v) is 2.05. The van der Waals surface area contributed by atoms with Crippen LogP contribution in [0.3, 0.4) is 0 Å². The molecule has 0 saturated heterocycles. The number of carbonyl (C=O) groups is 1. The molecule has 1 atom stereocenters. The summed E-state index contributed by atoms with van der Waals surface area (Å²) in [5.41, 5.74) is 0. The minimum absolute atomic E-state index is 0.118. The Kier molecular flexibility index (Phi) is 5.09. The van der Waals surface area contributed by atoms with Gasteiger partial charge in [-0.3, -0.25) is 4.79 Å². The van der Waals surface area contributed by atoms with Crippen LogP contribution in [-0.2, 0) is 4.79 Å². The van der Waals surface area contributed by atoms with Crippen molar-refractivity contribution in [1.82, 2.24) is 20.3 Å². The van der Waals surface area contributed by atoms with Gasteiger partial charge in [0.25, 0.3) is 0 Å². The molecule has 1 unspecified atom stereocenters. The molecule has 1 rings (SSSR count). The normalized spacial score (nSPS) is 11.6. The fourth-order valence-electron chi connectivity index (χ4n) is 1.17. The first-order valence-electron chi connectivity index (χ1n) is 5.49. The molecule has 8 heteroatoms. The quantitative estimate of drug-likeness (QED) is 0.727. The minimum Gasteiger partial charge on any atom is -0.467 e. The molecule has 1 aromatic rings. The van der Waals surface area contributed by atoms with Crippen molar-refractivity contribution in [2.24, 2.45) is 0 Å². The Morgan fingerprint density at radius 3 is 2.22 bits per heavy atom. The molecule has 0 bridgehead atoms. The lowest BCUT2D eigenvalue weighted by molar-refractivity contribution is -0.121. The number of carbonyl (C=O) groups excluding carboxylic acids is 1. The third-order valence-electron chi connectivity index (χ3n) is 2.05. The summed E-state index contributed by atoms with van der Waals surface area (Å²) in [6.07, 6.45) is 0. The monoisotopic (exact) mass is 255 g/mol. The zero-order valence-electron chi connectivity index (χ0n) is 10.9. The van der Waals surface area contributed by atoms with Gasteiger partial charge in [0.15, 0.2) is 0 Å². The molecule has 8 nitrogen and oxygen atoms in total. The third kappa shape index (κ3) is 3.72. The standard InChI is InChI=1S/C10H17N5O3/c1-5-11-7(16)6(2)12-8-13-9(17-3)15-10(14-8)18-4/h6H,5H2,1-4H3,(H,11,16)(H,12,13,14,15). The number of hydrogen-bond donors (Lipinski definition) is 2. The minimum atomic E-state index is -0.471. The highest BCUT2D eigenvalue weighted by atomic mass is 16.5. The molecule has 18 heavy (non-hydrogen) atoms. The highest BCUT2D eigenvalue weighted by Crippen LogP contribution is 2.12.